The Morgan fingerprint density at radius 3 is 2.12 bits per heavy atom. The number of carbonyl (C=O) groups excluding carboxylic acids is 2. The zero-order chi connectivity index (χ0) is 39.1. The van der Waals surface area contributed by atoms with E-state index in [1.807, 2.05) is 54.6 Å². The van der Waals surface area contributed by atoms with Gasteiger partial charge in [0.2, 0.25) is 11.8 Å². The average molecular weight is 755 g/mol. The molecule has 6 rings (SSSR count). The largest absolute Gasteiger partial charge is 0.397 e. The highest BCUT2D eigenvalue weighted by Gasteiger charge is 2.33. The molecule has 292 valence electrons. The number of nitrogens with zero attached hydrogens (tertiary/aromatic N) is 1. The van der Waals surface area contributed by atoms with Crippen molar-refractivity contribution in [2.24, 2.45) is 0 Å². The summed E-state index contributed by atoms with van der Waals surface area (Å²) in [5, 5.41) is 15.5. The maximum atomic E-state index is 12.6. The predicted molar refractivity (Wildman–Crippen MR) is 222 cm³/mol. The molecule has 2 amide bonds. The minimum Gasteiger partial charge on any atom is -0.397 e. The van der Waals surface area contributed by atoms with Gasteiger partial charge >= 0.3 is 0 Å². The van der Waals surface area contributed by atoms with Gasteiger partial charge in [-0.15, -0.1) is 0 Å². The fourth-order valence-corrected chi connectivity index (χ4v) is 7.07. The molecular formula is C47H54N4O5. The molecular weight excluding hydrogens is 701 g/mol. The molecule has 0 bridgehead atoms. The Kier molecular flexibility index (Phi) is 14.8. The number of unbranched alkanes of at least 4 members (excludes halogenated alkanes) is 3. The SMILES string of the molecule is CN(Cc1ccccc1)CC1CC(c2ccc(CO)cc2)OC(c2ccc(-c3cccc(CNC(=O)CCCCCCC(=O)Nc4ccccc4N)c3)cc2)O1. The summed E-state index contributed by atoms with van der Waals surface area (Å²) in [4.78, 5) is 27.1. The normalized spacial score (nSPS) is 16.7. The van der Waals surface area contributed by atoms with Gasteiger partial charge in [-0.3, -0.25) is 14.5 Å². The second kappa shape index (κ2) is 20.6. The monoisotopic (exact) mass is 754 g/mol. The molecule has 5 aromatic rings. The van der Waals surface area contributed by atoms with Gasteiger partial charge in [-0.25, -0.2) is 0 Å². The Bertz CT molecular complexity index is 1990. The molecule has 0 aliphatic carbocycles. The molecule has 1 fully saturated rings. The number of ether oxygens (including phenoxy) is 2. The number of amides is 2. The zero-order valence-corrected chi connectivity index (χ0v) is 32.2. The van der Waals surface area contributed by atoms with Crippen LogP contribution in [0.25, 0.3) is 11.1 Å². The maximum absolute atomic E-state index is 12.6. The van der Waals surface area contributed by atoms with Crippen LogP contribution in [0.3, 0.4) is 0 Å². The Balaban J connectivity index is 0.985. The molecule has 1 aliphatic rings. The van der Waals surface area contributed by atoms with Crippen molar-refractivity contribution >= 4 is 23.2 Å². The highest BCUT2D eigenvalue weighted by Crippen LogP contribution is 2.38. The molecule has 0 aromatic heterocycles. The second-order valence-corrected chi connectivity index (χ2v) is 14.7. The highest BCUT2D eigenvalue weighted by molar-refractivity contribution is 5.93. The quantitative estimate of drug-likeness (QED) is 0.0521. The highest BCUT2D eigenvalue weighted by atomic mass is 16.7. The van der Waals surface area contributed by atoms with E-state index < -0.39 is 6.29 Å². The molecule has 3 unspecified atom stereocenters. The van der Waals surface area contributed by atoms with Crippen molar-refractivity contribution in [3.63, 3.8) is 0 Å². The van der Waals surface area contributed by atoms with Gasteiger partial charge in [-0.05, 0) is 71.5 Å². The maximum Gasteiger partial charge on any atom is 0.224 e. The molecule has 56 heavy (non-hydrogen) atoms. The van der Waals surface area contributed by atoms with Crippen molar-refractivity contribution in [3.8, 4) is 11.1 Å². The third-order valence-electron chi connectivity index (χ3n) is 10.2. The smallest absolute Gasteiger partial charge is 0.224 e. The summed E-state index contributed by atoms with van der Waals surface area (Å²) in [5.74, 6) is -0.0224. The lowest BCUT2D eigenvalue weighted by atomic mass is 9.99. The van der Waals surface area contributed by atoms with Crippen molar-refractivity contribution in [1.29, 1.82) is 0 Å². The minimum atomic E-state index is -0.531. The molecule has 0 spiro atoms. The summed E-state index contributed by atoms with van der Waals surface area (Å²) >= 11 is 0. The summed E-state index contributed by atoms with van der Waals surface area (Å²) in [6.07, 6.45) is 4.20. The number of benzene rings is 5. The Morgan fingerprint density at radius 1 is 0.714 bits per heavy atom. The second-order valence-electron chi connectivity index (χ2n) is 14.7. The molecule has 0 radical (unpaired) electrons. The molecule has 5 aromatic carbocycles. The van der Waals surface area contributed by atoms with Crippen LogP contribution in [0.1, 0.15) is 85.2 Å². The van der Waals surface area contributed by atoms with Gasteiger partial charge in [0.25, 0.3) is 0 Å². The van der Waals surface area contributed by atoms with E-state index in [1.165, 1.54) is 5.56 Å². The molecule has 3 atom stereocenters. The van der Waals surface area contributed by atoms with Crippen molar-refractivity contribution in [2.75, 3.05) is 24.6 Å². The average Bonchev–Trinajstić information content (AvgIpc) is 3.22. The summed E-state index contributed by atoms with van der Waals surface area (Å²) in [6.45, 7) is 2.05. The van der Waals surface area contributed by atoms with E-state index in [0.717, 1.165) is 78.6 Å². The predicted octanol–water partition coefficient (Wildman–Crippen LogP) is 8.70. The number of nitrogens with one attached hydrogen (secondary N) is 2. The lowest BCUT2D eigenvalue weighted by Gasteiger charge is -2.38. The summed E-state index contributed by atoms with van der Waals surface area (Å²) in [5.41, 5.74) is 14.4. The van der Waals surface area contributed by atoms with Gasteiger partial charge in [0.05, 0.1) is 30.2 Å². The molecule has 1 saturated heterocycles. The number of anilines is 2. The van der Waals surface area contributed by atoms with Crippen LogP contribution in [0, 0.1) is 0 Å². The van der Waals surface area contributed by atoms with Gasteiger partial charge in [0.1, 0.15) is 0 Å². The Hall–Kier alpha value is -5.32. The van der Waals surface area contributed by atoms with Gasteiger partial charge in [-0.2, -0.15) is 0 Å². The Labute approximate surface area is 330 Å². The topological polar surface area (TPSA) is 126 Å². The van der Waals surface area contributed by atoms with Crippen LogP contribution in [0.2, 0.25) is 0 Å². The number of para-hydroxylation sites is 2. The van der Waals surface area contributed by atoms with E-state index in [-0.39, 0.29) is 30.6 Å². The summed E-state index contributed by atoms with van der Waals surface area (Å²) in [7, 11) is 2.12. The number of aliphatic hydroxyl groups is 1. The molecule has 1 heterocycles. The number of hydrogen-bond acceptors (Lipinski definition) is 7. The van der Waals surface area contributed by atoms with E-state index in [1.54, 1.807) is 12.1 Å². The van der Waals surface area contributed by atoms with Gasteiger partial charge in [-0.1, -0.05) is 122 Å². The zero-order valence-electron chi connectivity index (χ0n) is 32.2. The van der Waals surface area contributed by atoms with Crippen molar-refractivity contribution in [3.05, 3.63) is 155 Å². The van der Waals surface area contributed by atoms with Crippen LogP contribution < -0.4 is 16.4 Å². The van der Waals surface area contributed by atoms with E-state index in [0.29, 0.717) is 30.8 Å². The molecule has 5 N–H and O–H groups in total. The third-order valence-corrected chi connectivity index (χ3v) is 10.2. The Morgan fingerprint density at radius 2 is 1.39 bits per heavy atom. The van der Waals surface area contributed by atoms with Crippen LogP contribution in [-0.4, -0.2) is 41.5 Å². The van der Waals surface area contributed by atoms with Crippen LogP contribution in [0.5, 0.6) is 0 Å². The van der Waals surface area contributed by atoms with Crippen molar-refractivity contribution in [1.82, 2.24) is 10.2 Å². The molecule has 9 nitrogen and oxygen atoms in total. The standard InChI is InChI=1S/C47H54N4O5/c1-51(31-34-12-5-4-6-13-34)32-41-29-44(38-22-20-35(33-52)21-23-38)56-47(55-41)39-26-24-37(25-27-39)40-15-11-14-36(28-40)30-49-45(53)18-7-2-3-8-19-46(54)50-43-17-10-9-16-42(43)48/h4-6,9-17,20-28,41,44,47,52H,2-3,7-8,18-19,29-33,48H2,1H3,(H,49,53)(H,50,54). The van der Waals surface area contributed by atoms with Crippen LogP contribution in [-0.2, 0) is 38.8 Å². The first-order valence-electron chi connectivity index (χ1n) is 19.7. The van der Waals surface area contributed by atoms with Crippen LogP contribution >= 0.6 is 0 Å². The van der Waals surface area contributed by atoms with Gasteiger partial charge in [0, 0.05) is 44.5 Å². The summed E-state index contributed by atoms with van der Waals surface area (Å²) in [6, 6.07) is 42.2. The number of nitrogen functional groups attached to an aromatic ring is 1. The molecule has 1 aliphatic heterocycles. The fourth-order valence-electron chi connectivity index (χ4n) is 7.07. The van der Waals surface area contributed by atoms with Gasteiger partial charge < -0.3 is 30.9 Å². The number of aliphatic hydroxyl groups excluding tert-OH is 1. The van der Waals surface area contributed by atoms with E-state index in [2.05, 4.69) is 83.2 Å². The van der Waals surface area contributed by atoms with Gasteiger partial charge in [0.15, 0.2) is 6.29 Å². The molecule has 0 saturated carbocycles. The van der Waals surface area contributed by atoms with E-state index >= 15 is 0 Å². The first-order valence-corrected chi connectivity index (χ1v) is 19.7. The lowest BCUT2D eigenvalue weighted by Crippen LogP contribution is -2.37. The first-order chi connectivity index (χ1) is 27.3. The van der Waals surface area contributed by atoms with Crippen molar-refractivity contribution < 1.29 is 24.2 Å². The van der Waals surface area contributed by atoms with Crippen LogP contribution in [0.15, 0.2) is 127 Å². The van der Waals surface area contributed by atoms with Crippen molar-refractivity contribution in [2.45, 2.75) is 83.1 Å². The number of likely N-dealkylation sites (N-methyl/N-ethyl adjacent to an activating group) is 1. The fraction of sp³-hybridized carbons (Fsp3) is 0.319. The lowest BCUT2D eigenvalue weighted by molar-refractivity contribution is -0.252. The van der Waals surface area contributed by atoms with E-state index in [4.69, 9.17) is 15.2 Å². The number of hydrogen-bond donors (Lipinski definition) is 4. The number of rotatable bonds is 18. The summed E-state index contributed by atoms with van der Waals surface area (Å²) < 4.78 is 13.2. The minimum absolute atomic E-state index is 0.00648. The first kappa shape index (κ1) is 40.3. The third kappa shape index (κ3) is 12.1. The number of carbonyl (C=O) groups is 2. The van der Waals surface area contributed by atoms with E-state index in [9.17, 15) is 14.7 Å². The number of nitrogens with two attached hydrogens (primary N) is 1. The molecule has 9 heteroatoms. The van der Waals surface area contributed by atoms with Crippen LogP contribution in [0.4, 0.5) is 11.4 Å².